The second-order valence-electron chi connectivity index (χ2n) is 5.19. The molecule has 3 nitrogen and oxygen atoms in total. The molecule has 0 unspecified atom stereocenters. The normalized spacial score (nSPS) is 19.6. The molecule has 0 aliphatic carbocycles. The molecule has 2 aliphatic rings. The summed E-state index contributed by atoms with van der Waals surface area (Å²) >= 11 is 0. The summed E-state index contributed by atoms with van der Waals surface area (Å²) in [7, 11) is 0. The summed E-state index contributed by atoms with van der Waals surface area (Å²) in [5.41, 5.74) is 4.41. The average molecular weight is 246 g/mol. The van der Waals surface area contributed by atoms with Crippen molar-refractivity contribution in [3.63, 3.8) is 0 Å². The molecule has 1 aromatic carbocycles. The summed E-state index contributed by atoms with van der Waals surface area (Å²) in [5, 5.41) is 3.52. The number of nitrogens with zero attached hydrogens (tertiary/aromatic N) is 1. The lowest BCUT2D eigenvalue weighted by Crippen LogP contribution is -2.36. The van der Waals surface area contributed by atoms with E-state index in [4.69, 9.17) is 4.74 Å². The minimum atomic E-state index is 0.905. The van der Waals surface area contributed by atoms with E-state index in [0.29, 0.717) is 0 Å². The third-order valence-corrected chi connectivity index (χ3v) is 3.96. The highest BCUT2D eigenvalue weighted by Crippen LogP contribution is 2.27. The molecule has 0 aromatic heterocycles. The summed E-state index contributed by atoms with van der Waals surface area (Å²) in [6, 6.07) is 6.73. The van der Waals surface area contributed by atoms with Gasteiger partial charge in [-0.1, -0.05) is 18.2 Å². The zero-order valence-electron chi connectivity index (χ0n) is 11.0. The van der Waals surface area contributed by atoms with E-state index in [1.54, 1.807) is 0 Å². The maximum atomic E-state index is 5.37. The maximum Gasteiger partial charge on any atom is 0.0594 e. The van der Waals surface area contributed by atoms with Crippen LogP contribution in [0.25, 0.3) is 0 Å². The molecule has 18 heavy (non-hydrogen) atoms. The van der Waals surface area contributed by atoms with E-state index >= 15 is 0 Å². The van der Waals surface area contributed by atoms with Crippen LogP contribution in [0.15, 0.2) is 18.2 Å². The van der Waals surface area contributed by atoms with Crippen LogP contribution >= 0.6 is 0 Å². The van der Waals surface area contributed by atoms with Gasteiger partial charge in [-0.2, -0.15) is 0 Å². The number of aryl methyl sites for hydroxylation is 1. The Morgan fingerprint density at radius 1 is 1.22 bits per heavy atom. The molecule has 98 valence electrons. The van der Waals surface area contributed by atoms with Crippen molar-refractivity contribution in [1.29, 1.82) is 0 Å². The fraction of sp³-hybridized carbons (Fsp3) is 0.600. The molecule has 0 spiro atoms. The number of morpholine rings is 1. The number of rotatable bonds is 4. The van der Waals surface area contributed by atoms with Gasteiger partial charge in [-0.15, -0.1) is 0 Å². The Balaban J connectivity index is 1.52. The van der Waals surface area contributed by atoms with Crippen LogP contribution in [-0.4, -0.2) is 44.3 Å². The van der Waals surface area contributed by atoms with Crippen LogP contribution in [0.3, 0.4) is 0 Å². The van der Waals surface area contributed by atoms with Gasteiger partial charge in [0.15, 0.2) is 0 Å². The second kappa shape index (κ2) is 5.72. The Kier molecular flexibility index (Phi) is 3.81. The van der Waals surface area contributed by atoms with Crippen molar-refractivity contribution in [1.82, 2.24) is 4.90 Å². The maximum absolute atomic E-state index is 5.37. The molecule has 1 saturated heterocycles. The SMILES string of the molecule is c1cc(CCCN2CCOCC2)c2c(c1)CCN2. The van der Waals surface area contributed by atoms with E-state index in [2.05, 4.69) is 28.4 Å². The molecule has 3 rings (SSSR count). The summed E-state index contributed by atoms with van der Waals surface area (Å²) in [6.07, 6.45) is 3.62. The quantitative estimate of drug-likeness (QED) is 0.878. The zero-order chi connectivity index (χ0) is 12.2. The van der Waals surface area contributed by atoms with Crippen LogP contribution in [0.5, 0.6) is 0 Å². The molecular formula is C15H22N2O. The van der Waals surface area contributed by atoms with Crippen LogP contribution in [0.1, 0.15) is 17.5 Å². The first-order valence-electron chi connectivity index (χ1n) is 7.08. The first kappa shape index (κ1) is 12.0. The lowest BCUT2D eigenvalue weighted by atomic mass is 10.0. The van der Waals surface area contributed by atoms with Crippen LogP contribution in [-0.2, 0) is 17.6 Å². The van der Waals surface area contributed by atoms with Crippen molar-refractivity contribution < 1.29 is 4.74 Å². The molecule has 1 aromatic rings. The number of para-hydroxylation sites is 1. The van der Waals surface area contributed by atoms with Crippen LogP contribution in [0.4, 0.5) is 5.69 Å². The Hall–Kier alpha value is -1.06. The van der Waals surface area contributed by atoms with Crippen molar-refractivity contribution in [2.24, 2.45) is 0 Å². The van der Waals surface area contributed by atoms with Crippen molar-refractivity contribution in [2.75, 3.05) is 44.7 Å². The summed E-state index contributed by atoms with van der Waals surface area (Å²) in [6.45, 7) is 6.32. The molecule has 1 fully saturated rings. The number of benzene rings is 1. The Bertz CT molecular complexity index is 399. The number of nitrogens with one attached hydrogen (secondary N) is 1. The second-order valence-corrected chi connectivity index (χ2v) is 5.19. The average Bonchev–Trinajstić information content (AvgIpc) is 2.89. The molecular weight excluding hydrogens is 224 g/mol. The Morgan fingerprint density at radius 2 is 2.11 bits per heavy atom. The van der Waals surface area contributed by atoms with Crippen molar-refractivity contribution >= 4 is 5.69 Å². The molecule has 0 atom stereocenters. The van der Waals surface area contributed by atoms with Gasteiger partial charge in [-0.05, 0) is 36.9 Å². The summed E-state index contributed by atoms with van der Waals surface area (Å²) < 4.78 is 5.37. The molecule has 2 heterocycles. The van der Waals surface area contributed by atoms with E-state index in [0.717, 1.165) is 32.8 Å². The van der Waals surface area contributed by atoms with Crippen LogP contribution < -0.4 is 5.32 Å². The molecule has 2 aliphatic heterocycles. The van der Waals surface area contributed by atoms with Gasteiger partial charge in [0.05, 0.1) is 13.2 Å². The highest BCUT2D eigenvalue weighted by molar-refractivity contribution is 5.61. The van der Waals surface area contributed by atoms with Gasteiger partial charge < -0.3 is 10.1 Å². The molecule has 0 amide bonds. The zero-order valence-corrected chi connectivity index (χ0v) is 11.0. The molecule has 0 bridgehead atoms. The Labute approximate surface area is 109 Å². The number of anilines is 1. The summed E-state index contributed by atoms with van der Waals surface area (Å²) in [4.78, 5) is 2.51. The smallest absolute Gasteiger partial charge is 0.0594 e. The van der Waals surface area contributed by atoms with E-state index in [1.807, 2.05) is 0 Å². The van der Waals surface area contributed by atoms with Crippen molar-refractivity contribution in [3.8, 4) is 0 Å². The van der Waals surface area contributed by atoms with Crippen LogP contribution in [0, 0.1) is 0 Å². The standard InChI is InChI=1S/C15H22N2O/c1-3-13(15-14(4-1)6-7-16-15)5-2-8-17-9-11-18-12-10-17/h1,3-4,16H,2,5-12H2. The van der Waals surface area contributed by atoms with Gasteiger partial charge in [0.25, 0.3) is 0 Å². The number of hydrogen-bond donors (Lipinski definition) is 1. The monoisotopic (exact) mass is 246 g/mol. The largest absolute Gasteiger partial charge is 0.384 e. The lowest BCUT2D eigenvalue weighted by molar-refractivity contribution is 0.0375. The Morgan fingerprint density at radius 3 is 3.00 bits per heavy atom. The number of ether oxygens (including phenoxy) is 1. The van der Waals surface area contributed by atoms with Gasteiger partial charge in [-0.25, -0.2) is 0 Å². The summed E-state index contributed by atoms with van der Waals surface area (Å²) in [5.74, 6) is 0. The highest BCUT2D eigenvalue weighted by Gasteiger charge is 2.14. The van der Waals surface area contributed by atoms with E-state index in [1.165, 1.54) is 42.6 Å². The fourth-order valence-corrected chi connectivity index (χ4v) is 2.94. The van der Waals surface area contributed by atoms with Gasteiger partial charge >= 0.3 is 0 Å². The van der Waals surface area contributed by atoms with Gasteiger partial charge in [-0.3, -0.25) is 4.90 Å². The third kappa shape index (κ3) is 2.68. The van der Waals surface area contributed by atoms with Gasteiger partial charge in [0.1, 0.15) is 0 Å². The molecule has 0 radical (unpaired) electrons. The van der Waals surface area contributed by atoms with Gasteiger partial charge in [0.2, 0.25) is 0 Å². The van der Waals surface area contributed by atoms with Crippen molar-refractivity contribution in [2.45, 2.75) is 19.3 Å². The number of hydrogen-bond acceptors (Lipinski definition) is 3. The minimum absolute atomic E-state index is 0.905. The minimum Gasteiger partial charge on any atom is -0.384 e. The van der Waals surface area contributed by atoms with E-state index in [-0.39, 0.29) is 0 Å². The number of fused-ring (bicyclic) bond motifs is 1. The van der Waals surface area contributed by atoms with E-state index < -0.39 is 0 Å². The first-order chi connectivity index (χ1) is 8.93. The first-order valence-corrected chi connectivity index (χ1v) is 7.08. The highest BCUT2D eigenvalue weighted by atomic mass is 16.5. The van der Waals surface area contributed by atoms with E-state index in [9.17, 15) is 0 Å². The predicted molar refractivity (Wildman–Crippen MR) is 74.2 cm³/mol. The predicted octanol–water partition coefficient (Wildman–Crippen LogP) is 1.92. The third-order valence-electron chi connectivity index (χ3n) is 3.96. The molecule has 3 heteroatoms. The van der Waals surface area contributed by atoms with Gasteiger partial charge in [0, 0.05) is 25.3 Å². The lowest BCUT2D eigenvalue weighted by Gasteiger charge is -2.26. The topological polar surface area (TPSA) is 24.5 Å². The molecule has 1 N–H and O–H groups in total. The molecule has 0 saturated carbocycles. The van der Waals surface area contributed by atoms with Crippen LogP contribution in [0.2, 0.25) is 0 Å². The van der Waals surface area contributed by atoms with Crippen molar-refractivity contribution in [3.05, 3.63) is 29.3 Å². The fourth-order valence-electron chi connectivity index (χ4n) is 2.94.